The Hall–Kier alpha value is -1.92. The van der Waals surface area contributed by atoms with Crippen LogP contribution < -0.4 is 5.32 Å². The molecule has 2 aromatic rings. The largest absolute Gasteiger partial charge is 0.477 e. The van der Waals surface area contributed by atoms with Crippen molar-refractivity contribution in [2.45, 2.75) is 20.4 Å². The number of amides is 1. The number of benzene rings is 1. The van der Waals surface area contributed by atoms with Gasteiger partial charge in [0.1, 0.15) is 9.88 Å². The maximum atomic E-state index is 12.0. The number of nitrogens with zero attached hydrogens (tertiary/aromatic N) is 1. The summed E-state index contributed by atoms with van der Waals surface area (Å²) in [6.07, 6.45) is 0. The first-order valence-corrected chi connectivity index (χ1v) is 7.32. The van der Waals surface area contributed by atoms with Crippen LogP contribution in [0.4, 0.5) is 0 Å². The monoisotopic (exact) mass is 324 g/mol. The molecule has 0 unspecified atom stereocenters. The Kier molecular flexibility index (Phi) is 4.59. The van der Waals surface area contributed by atoms with Gasteiger partial charge in [0.05, 0.1) is 22.8 Å². The van der Waals surface area contributed by atoms with Crippen LogP contribution in [0.25, 0.3) is 0 Å². The van der Waals surface area contributed by atoms with Gasteiger partial charge in [0, 0.05) is 0 Å². The van der Waals surface area contributed by atoms with Crippen molar-refractivity contribution in [1.82, 2.24) is 10.3 Å². The molecule has 0 saturated heterocycles. The van der Waals surface area contributed by atoms with Crippen molar-refractivity contribution in [2.24, 2.45) is 0 Å². The van der Waals surface area contributed by atoms with E-state index >= 15 is 0 Å². The van der Waals surface area contributed by atoms with Gasteiger partial charge in [-0.15, -0.1) is 11.3 Å². The molecule has 0 bridgehead atoms. The van der Waals surface area contributed by atoms with Gasteiger partial charge in [-0.05, 0) is 31.5 Å². The van der Waals surface area contributed by atoms with Crippen molar-refractivity contribution in [1.29, 1.82) is 0 Å². The fraction of sp³-hybridized carbons (Fsp3) is 0.214. The third kappa shape index (κ3) is 3.59. The van der Waals surface area contributed by atoms with Gasteiger partial charge in [-0.2, -0.15) is 0 Å². The summed E-state index contributed by atoms with van der Waals surface area (Å²) in [4.78, 5) is 27.3. The van der Waals surface area contributed by atoms with E-state index in [9.17, 15) is 9.59 Å². The Balaban J connectivity index is 2.07. The van der Waals surface area contributed by atoms with Crippen LogP contribution in [0.15, 0.2) is 18.2 Å². The molecule has 1 amide bonds. The molecule has 0 atom stereocenters. The maximum Gasteiger partial charge on any atom is 0.347 e. The lowest BCUT2D eigenvalue weighted by atomic mass is 10.1. The highest BCUT2D eigenvalue weighted by Crippen LogP contribution is 2.19. The first-order chi connectivity index (χ1) is 9.88. The second-order valence-corrected chi connectivity index (χ2v) is 5.98. The molecule has 0 saturated carbocycles. The minimum absolute atomic E-state index is 0.168. The summed E-state index contributed by atoms with van der Waals surface area (Å²) in [7, 11) is 0. The lowest BCUT2D eigenvalue weighted by Crippen LogP contribution is -2.23. The molecule has 0 aliphatic heterocycles. The average molecular weight is 325 g/mol. The summed E-state index contributed by atoms with van der Waals surface area (Å²) < 4.78 is 0. The molecule has 0 aliphatic rings. The van der Waals surface area contributed by atoms with Gasteiger partial charge in [-0.3, -0.25) is 4.79 Å². The van der Waals surface area contributed by atoms with Crippen LogP contribution in [0.5, 0.6) is 0 Å². The molecular formula is C14H13ClN2O3S. The number of thiazole rings is 1. The summed E-state index contributed by atoms with van der Waals surface area (Å²) in [5, 5.41) is 12.6. The first-order valence-electron chi connectivity index (χ1n) is 6.12. The van der Waals surface area contributed by atoms with Crippen LogP contribution in [0.1, 0.15) is 36.3 Å². The lowest BCUT2D eigenvalue weighted by Gasteiger charge is -2.05. The van der Waals surface area contributed by atoms with E-state index in [0.29, 0.717) is 21.3 Å². The van der Waals surface area contributed by atoms with Gasteiger partial charge in [-0.1, -0.05) is 17.7 Å². The zero-order valence-corrected chi connectivity index (χ0v) is 13.0. The van der Waals surface area contributed by atoms with Crippen molar-refractivity contribution in [3.63, 3.8) is 0 Å². The predicted molar refractivity (Wildman–Crippen MR) is 81.2 cm³/mol. The molecule has 1 heterocycles. The van der Waals surface area contributed by atoms with E-state index in [1.165, 1.54) is 0 Å². The minimum Gasteiger partial charge on any atom is -0.477 e. The Bertz CT molecular complexity index is 712. The van der Waals surface area contributed by atoms with Gasteiger partial charge in [0.2, 0.25) is 0 Å². The van der Waals surface area contributed by atoms with Gasteiger partial charge < -0.3 is 10.4 Å². The second-order valence-electron chi connectivity index (χ2n) is 4.49. The van der Waals surface area contributed by atoms with E-state index in [4.69, 9.17) is 16.7 Å². The highest BCUT2D eigenvalue weighted by Gasteiger charge is 2.15. The number of nitrogens with one attached hydrogen (secondary N) is 1. The quantitative estimate of drug-likeness (QED) is 0.906. The first kappa shape index (κ1) is 15.5. The van der Waals surface area contributed by atoms with Crippen LogP contribution in [0.3, 0.4) is 0 Å². The minimum atomic E-state index is -1.01. The molecule has 1 aromatic heterocycles. The maximum absolute atomic E-state index is 12.0. The van der Waals surface area contributed by atoms with E-state index in [2.05, 4.69) is 10.3 Å². The average Bonchev–Trinajstić information content (AvgIpc) is 2.77. The highest BCUT2D eigenvalue weighted by atomic mass is 35.5. The van der Waals surface area contributed by atoms with Crippen molar-refractivity contribution in [3.8, 4) is 0 Å². The fourth-order valence-electron chi connectivity index (χ4n) is 1.78. The topological polar surface area (TPSA) is 79.3 Å². The van der Waals surface area contributed by atoms with Gasteiger partial charge in [-0.25, -0.2) is 9.78 Å². The second kappa shape index (κ2) is 6.24. The SMILES string of the molecule is Cc1ccc(C(=O)NCc2nc(C)c(C(=O)O)s2)c(Cl)c1. The zero-order chi connectivity index (χ0) is 15.6. The summed E-state index contributed by atoms with van der Waals surface area (Å²) in [5.41, 5.74) is 1.80. The Morgan fingerprint density at radius 2 is 2.10 bits per heavy atom. The fourth-order valence-corrected chi connectivity index (χ4v) is 2.95. The lowest BCUT2D eigenvalue weighted by molar-refractivity contribution is 0.0701. The number of aromatic carboxylic acids is 1. The van der Waals surface area contributed by atoms with E-state index in [1.54, 1.807) is 25.1 Å². The third-order valence-electron chi connectivity index (χ3n) is 2.80. The van der Waals surface area contributed by atoms with Crippen molar-refractivity contribution in [2.75, 3.05) is 0 Å². The molecule has 5 nitrogen and oxygen atoms in total. The third-order valence-corrected chi connectivity index (χ3v) is 4.26. The number of hydrogen-bond donors (Lipinski definition) is 2. The van der Waals surface area contributed by atoms with Gasteiger partial charge >= 0.3 is 5.97 Å². The Morgan fingerprint density at radius 3 is 2.67 bits per heavy atom. The smallest absolute Gasteiger partial charge is 0.347 e. The molecule has 7 heteroatoms. The van der Waals surface area contributed by atoms with E-state index in [1.807, 2.05) is 6.92 Å². The van der Waals surface area contributed by atoms with Crippen LogP contribution >= 0.6 is 22.9 Å². The molecule has 0 fully saturated rings. The van der Waals surface area contributed by atoms with Crippen LogP contribution in [0.2, 0.25) is 5.02 Å². The summed E-state index contributed by atoms with van der Waals surface area (Å²) >= 11 is 7.08. The highest BCUT2D eigenvalue weighted by molar-refractivity contribution is 7.13. The van der Waals surface area contributed by atoms with Crippen LogP contribution in [0, 0.1) is 13.8 Å². The number of carbonyl (C=O) groups is 2. The number of hydrogen-bond acceptors (Lipinski definition) is 4. The number of carboxylic acids is 1. The van der Waals surface area contributed by atoms with E-state index < -0.39 is 5.97 Å². The van der Waals surface area contributed by atoms with Gasteiger partial charge in [0.15, 0.2) is 0 Å². The molecule has 0 spiro atoms. The molecule has 1 aromatic carbocycles. The Morgan fingerprint density at radius 1 is 1.38 bits per heavy atom. The molecule has 110 valence electrons. The standard InChI is InChI=1S/C14H13ClN2O3S/c1-7-3-4-9(10(15)5-7)13(18)16-6-11-17-8(2)12(21-11)14(19)20/h3-5H,6H2,1-2H3,(H,16,18)(H,19,20). The van der Waals surface area contributed by atoms with E-state index in [-0.39, 0.29) is 17.3 Å². The van der Waals surface area contributed by atoms with Crippen molar-refractivity contribution < 1.29 is 14.7 Å². The molecule has 2 N–H and O–H groups in total. The number of carbonyl (C=O) groups excluding carboxylic acids is 1. The number of aryl methyl sites for hydroxylation is 2. The zero-order valence-electron chi connectivity index (χ0n) is 11.4. The van der Waals surface area contributed by atoms with Crippen LogP contribution in [-0.2, 0) is 6.54 Å². The molecule has 21 heavy (non-hydrogen) atoms. The molecular weight excluding hydrogens is 312 g/mol. The Labute approximate surface area is 130 Å². The predicted octanol–water partition coefficient (Wildman–Crippen LogP) is 3.04. The molecule has 0 radical (unpaired) electrons. The van der Waals surface area contributed by atoms with Crippen LogP contribution in [-0.4, -0.2) is 22.0 Å². The summed E-state index contributed by atoms with van der Waals surface area (Å²) in [6, 6.07) is 5.17. The summed E-state index contributed by atoms with van der Waals surface area (Å²) in [6.45, 7) is 3.68. The van der Waals surface area contributed by atoms with Crippen molar-refractivity contribution in [3.05, 3.63) is 49.9 Å². The van der Waals surface area contributed by atoms with E-state index in [0.717, 1.165) is 16.9 Å². The number of rotatable bonds is 4. The normalized spacial score (nSPS) is 10.4. The molecule has 2 rings (SSSR count). The number of halogens is 1. The number of aromatic nitrogens is 1. The van der Waals surface area contributed by atoms with Crippen molar-refractivity contribution >= 4 is 34.8 Å². The summed E-state index contributed by atoms with van der Waals surface area (Å²) in [5.74, 6) is -1.33. The van der Waals surface area contributed by atoms with Gasteiger partial charge in [0.25, 0.3) is 5.91 Å². The number of carboxylic acid groups (broad SMARTS) is 1. The molecule has 0 aliphatic carbocycles.